The molecule has 0 fully saturated rings. The number of benzene rings is 1. The molecule has 0 spiro atoms. The minimum Gasteiger partial charge on any atom is -0.429 e. The number of amides is 2. The monoisotopic (exact) mass is 404 g/mol. The minimum atomic E-state index is -1.24. The van der Waals surface area contributed by atoms with Crippen LogP contribution in [0.5, 0.6) is 0 Å². The summed E-state index contributed by atoms with van der Waals surface area (Å²) >= 11 is 0. The fourth-order valence-electron chi connectivity index (χ4n) is 2.96. The summed E-state index contributed by atoms with van der Waals surface area (Å²) in [5, 5.41) is 14.5. The lowest BCUT2D eigenvalue weighted by Gasteiger charge is -2.31. The Hall–Kier alpha value is -2.59. The highest BCUT2D eigenvalue weighted by atomic mass is 16.5. The van der Waals surface area contributed by atoms with Crippen LogP contribution in [-0.4, -0.2) is 43.3 Å². The largest absolute Gasteiger partial charge is 0.486 e. The molecule has 159 valence electrons. The lowest BCUT2D eigenvalue weighted by Crippen LogP contribution is -2.53. The summed E-state index contributed by atoms with van der Waals surface area (Å²) in [4.78, 5) is 29.8. The summed E-state index contributed by atoms with van der Waals surface area (Å²) in [6, 6.07) is 9.47. The Bertz CT molecular complexity index is 664. The Morgan fingerprint density at radius 3 is 2.41 bits per heavy atom. The predicted octanol–water partition coefficient (Wildman–Crippen LogP) is 0.148. The van der Waals surface area contributed by atoms with Crippen molar-refractivity contribution in [3.8, 4) is 0 Å². The predicted molar refractivity (Wildman–Crippen MR) is 112 cm³/mol. The van der Waals surface area contributed by atoms with Crippen molar-refractivity contribution in [2.45, 2.75) is 52.3 Å². The van der Waals surface area contributed by atoms with Crippen LogP contribution in [0.15, 0.2) is 35.3 Å². The summed E-state index contributed by atoms with van der Waals surface area (Å²) in [5.41, 5.74) is 10.3. The van der Waals surface area contributed by atoms with Crippen LogP contribution < -0.4 is 22.1 Å². The zero-order valence-electron chi connectivity index (χ0n) is 17.1. The van der Waals surface area contributed by atoms with Crippen molar-refractivity contribution in [1.82, 2.24) is 10.6 Å². The third-order valence-corrected chi connectivity index (χ3v) is 4.81. The third kappa shape index (κ3) is 7.75. The summed E-state index contributed by atoms with van der Waals surface area (Å²) in [7, 11) is 0.514. The second-order valence-corrected chi connectivity index (χ2v) is 6.61. The van der Waals surface area contributed by atoms with Gasteiger partial charge in [-0.05, 0) is 31.2 Å². The van der Waals surface area contributed by atoms with E-state index < -0.39 is 17.6 Å². The highest BCUT2D eigenvalue weighted by molar-refractivity contribution is 6.16. The smallest absolute Gasteiger partial charge is 0.429 e. The zero-order valence-corrected chi connectivity index (χ0v) is 17.1. The van der Waals surface area contributed by atoms with Gasteiger partial charge in [-0.3, -0.25) is 14.6 Å². The van der Waals surface area contributed by atoms with E-state index in [9.17, 15) is 9.59 Å². The van der Waals surface area contributed by atoms with Gasteiger partial charge in [0.1, 0.15) is 11.6 Å². The molecule has 0 aliphatic heterocycles. The number of rotatable bonds is 13. The first kappa shape index (κ1) is 24.5. The topological polar surface area (TPSA) is 152 Å². The van der Waals surface area contributed by atoms with E-state index in [0.717, 1.165) is 5.56 Å². The molecule has 1 radical (unpaired) electrons. The molecule has 0 aliphatic carbocycles. The van der Waals surface area contributed by atoms with E-state index in [1.54, 1.807) is 13.8 Å². The number of nitrogens with one attached hydrogen (secondary N) is 2. The van der Waals surface area contributed by atoms with Crippen LogP contribution in [0.2, 0.25) is 0 Å². The normalized spacial score (nSPS) is 12.0. The Morgan fingerprint density at radius 1 is 1.21 bits per heavy atom. The molecular weight excluding hydrogens is 373 g/mol. The first-order valence-electron chi connectivity index (χ1n) is 9.69. The van der Waals surface area contributed by atoms with Crippen LogP contribution in [0.25, 0.3) is 0 Å². The van der Waals surface area contributed by atoms with Gasteiger partial charge in [-0.1, -0.05) is 44.2 Å². The van der Waals surface area contributed by atoms with E-state index in [2.05, 4.69) is 15.6 Å². The maximum Gasteiger partial charge on any atom is 0.486 e. The zero-order chi connectivity index (χ0) is 21.7. The Balaban J connectivity index is 2.77. The average molecular weight is 404 g/mol. The highest BCUT2D eigenvalue weighted by Crippen LogP contribution is 2.28. The van der Waals surface area contributed by atoms with Gasteiger partial charge in [0.05, 0.1) is 0 Å². The lowest BCUT2D eigenvalue weighted by molar-refractivity contribution is -0.146. The van der Waals surface area contributed by atoms with Gasteiger partial charge < -0.3 is 31.8 Å². The van der Waals surface area contributed by atoms with Crippen LogP contribution in [0.3, 0.4) is 0 Å². The van der Waals surface area contributed by atoms with Gasteiger partial charge in [-0.15, -0.1) is 0 Å². The number of hydrogen-bond donors (Lipinski definition) is 5. The number of nitrogens with two attached hydrogens (primary N) is 2. The molecule has 0 saturated carbocycles. The van der Waals surface area contributed by atoms with E-state index in [4.69, 9.17) is 21.1 Å². The van der Waals surface area contributed by atoms with Crippen molar-refractivity contribution < 1.29 is 19.3 Å². The molecule has 1 aromatic rings. The molecule has 0 bridgehead atoms. The van der Waals surface area contributed by atoms with Crippen molar-refractivity contribution in [1.29, 1.82) is 0 Å². The van der Waals surface area contributed by atoms with Gasteiger partial charge >= 0.3 is 7.69 Å². The lowest BCUT2D eigenvalue weighted by atomic mass is 9.80. The molecule has 9 nitrogen and oxygen atoms in total. The molecule has 29 heavy (non-hydrogen) atoms. The van der Waals surface area contributed by atoms with Crippen molar-refractivity contribution >= 4 is 25.5 Å². The van der Waals surface area contributed by atoms with Gasteiger partial charge in [0.2, 0.25) is 11.8 Å². The molecule has 0 aliphatic rings. The number of hydrogen-bond acceptors (Lipinski definition) is 5. The van der Waals surface area contributed by atoms with Crippen molar-refractivity contribution in [2.75, 3.05) is 6.54 Å². The molecule has 0 unspecified atom stereocenters. The Labute approximate surface area is 172 Å². The summed E-state index contributed by atoms with van der Waals surface area (Å²) in [5.74, 6) is -0.830. The van der Waals surface area contributed by atoms with Crippen molar-refractivity contribution in [3.63, 3.8) is 0 Å². The van der Waals surface area contributed by atoms with E-state index in [1.165, 1.54) is 0 Å². The fraction of sp³-hybridized carbons (Fsp3) is 0.526. The molecule has 2 amide bonds. The quantitative estimate of drug-likeness (QED) is 0.0788. The number of aliphatic imine (C=N–C) groups is 1. The third-order valence-electron chi connectivity index (χ3n) is 4.81. The van der Waals surface area contributed by atoms with Crippen LogP contribution in [0.1, 0.15) is 45.1 Å². The van der Waals surface area contributed by atoms with Crippen LogP contribution in [0.4, 0.5) is 0 Å². The standard InChI is InChI=1S/C19H31BN5O4/c1-3-19(4-2,16(26)24-13-14-9-6-5-7-10-14)17(27)25-15(29-20-28)11-8-12-23-18(21)22/h5-7,9-10,15,28H,3-4,8,11-13H2,1-2H3,(H,24,26)(H,25,27)(H4,21,22,23)/t15-/m1/s1. The maximum absolute atomic E-state index is 13.0. The second kappa shape index (κ2) is 12.8. The Morgan fingerprint density at radius 2 is 1.86 bits per heavy atom. The summed E-state index contributed by atoms with van der Waals surface area (Å²) in [6.07, 6.45) is 0.705. The van der Waals surface area contributed by atoms with E-state index in [-0.39, 0.29) is 11.9 Å². The molecule has 1 atom stereocenters. The first-order valence-corrected chi connectivity index (χ1v) is 9.69. The first-order chi connectivity index (χ1) is 13.9. The van der Waals surface area contributed by atoms with Crippen molar-refractivity contribution in [2.24, 2.45) is 21.9 Å². The van der Waals surface area contributed by atoms with Crippen LogP contribution >= 0.6 is 0 Å². The SMILES string of the molecule is CCC(CC)(C(=O)NCc1ccccc1)C(=O)N[C@@H](CCCN=C(N)N)O[B]O. The number of carbonyl (C=O) groups excluding carboxylic acids is 2. The van der Waals surface area contributed by atoms with Crippen molar-refractivity contribution in [3.05, 3.63) is 35.9 Å². The van der Waals surface area contributed by atoms with E-state index >= 15 is 0 Å². The molecule has 0 heterocycles. The molecule has 10 heteroatoms. The van der Waals surface area contributed by atoms with Gasteiger partial charge in [-0.25, -0.2) is 0 Å². The van der Waals surface area contributed by atoms with Crippen LogP contribution in [0, 0.1) is 5.41 Å². The van der Waals surface area contributed by atoms with E-state index in [0.29, 0.717) is 46.5 Å². The number of guanidine groups is 1. The van der Waals surface area contributed by atoms with Gasteiger partial charge in [0.15, 0.2) is 5.96 Å². The summed E-state index contributed by atoms with van der Waals surface area (Å²) < 4.78 is 5.07. The van der Waals surface area contributed by atoms with Crippen LogP contribution in [-0.2, 0) is 20.8 Å². The van der Waals surface area contributed by atoms with Gasteiger partial charge in [0.25, 0.3) is 0 Å². The molecule has 7 N–H and O–H groups in total. The maximum atomic E-state index is 13.0. The number of nitrogens with zero attached hydrogens (tertiary/aromatic N) is 1. The fourth-order valence-corrected chi connectivity index (χ4v) is 2.96. The Kier molecular flexibility index (Phi) is 10.8. The van der Waals surface area contributed by atoms with Gasteiger partial charge in [-0.2, -0.15) is 0 Å². The van der Waals surface area contributed by atoms with Gasteiger partial charge in [0, 0.05) is 13.1 Å². The van der Waals surface area contributed by atoms with E-state index in [1.807, 2.05) is 30.3 Å². The molecule has 0 saturated heterocycles. The minimum absolute atomic E-state index is 0.0219. The molecule has 0 aromatic heterocycles. The highest BCUT2D eigenvalue weighted by Gasteiger charge is 2.43. The average Bonchev–Trinajstić information content (AvgIpc) is 2.71. The molecule has 1 rings (SSSR count). The second-order valence-electron chi connectivity index (χ2n) is 6.61. The molecule has 1 aromatic carbocycles. The summed E-state index contributed by atoms with van der Waals surface area (Å²) in [6.45, 7) is 4.27. The molecular formula is C19H31BN5O4. The number of carbonyl (C=O) groups is 2.